The average molecular weight is 267 g/mol. The van der Waals surface area contributed by atoms with Gasteiger partial charge in [-0.3, -0.25) is 0 Å². The van der Waals surface area contributed by atoms with E-state index in [-0.39, 0.29) is 0 Å². The lowest BCUT2D eigenvalue weighted by Gasteiger charge is -2.23. The highest BCUT2D eigenvalue weighted by Crippen LogP contribution is 2.35. The molecule has 0 saturated carbocycles. The molecule has 0 aliphatic carbocycles. The quantitative estimate of drug-likeness (QED) is 0.860. The van der Waals surface area contributed by atoms with E-state index >= 15 is 0 Å². The highest BCUT2D eigenvalue weighted by molar-refractivity contribution is 7.12. The van der Waals surface area contributed by atoms with Gasteiger partial charge in [0.1, 0.15) is 5.60 Å². The molecule has 1 atom stereocenters. The molecule has 2 aromatic rings. The Hall–Kier alpha value is -0.830. The minimum atomic E-state index is -0.976. The van der Waals surface area contributed by atoms with Crippen molar-refractivity contribution in [3.63, 3.8) is 0 Å². The van der Waals surface area contributed by atoms with Gasteiger partial charge in [0.25, 0.3) is 0 Å². The number of aryl methyl sites for hydroxylation is 2. The number of hydrogen-bond acceptors (Lipinski definition) is 2. The molecule has 2 rings (SSSR count). The van der Waals surface area contributed by atoms with Crippen LogP contribution >= 0.6 is 22.9 Å². The zero-order chi connectivity index (χ0) is 12.6. The summed E-state index contributed by atoms with van der Waals surface area (Å²) in [5.41, 5.74) is 0.875. The summed E-state index contributed by atoms with van der Waals surface area (Å²) in [5.74, 6) is 0. The Bertz CT molecular complexity index is 543. The Morgan fingerprint density at radius 1 is 1.18 bits per heavy atom. The number of benzene rings is 1. The Morgan fingerprint density at radius 3 is 2.41 bits per heavy atom. The Labute approximate surface area is 111 Å². The molecule has 17 heavy (non-hydrogen) atoms. The molecule has 0 saturated heterocycles. The van der Waals surface area contributed by atoms with Crippen LogP contribution in [0.5, 0.6) is 0 Å². The van der Waals surface area contributed by atoms with Crippen molar-refractivity contribution in [3.8, 4) is 0 Å². The number of halogens is 1. The maximum Gasteiger partial charge on any atom is 0.121 e. The van der Waals surface area contributed by atoms with Crippen LogP contribution in [0.4, 0.5) is 0 Å². The van der Waals surface area contributed by atoms with Gasteiger partial charge in [0.05, 0.1) is 0 Å². The predicted molar refractivity (Wildman–Crippen MR) is 73.9 cm³/mol. The van der Waals surface area contributed by atoms with Crippen molar-refractivity contribution in [2.24, 2.45) is 0 Å². The van der Waals surface area contributed by atoms with Gasteiger partial charge in [-0.15, -0.1) is 11.3 Å². The molecule has 90 valence electrons. The van der Waals surface area contributed by atoms with Crippen molar-refractivity contribution < 1.29 is 5.11 Å². The summed E-state index contributed by atoms with van der Waals surface area (Å²) in [6, 6.07) is 9.69. The fraction of sp³-hybridized carbons (Fsp3) is 0.286. The first-order valence-electron chi connectivity index (χ1n) is 5.47. The first-order chi connectivity index (χ1) is 7.91. The third-order valence-electron chi connectivity index (χ3n) is 2.95. The summed E-state index contributed by atoms with van der Waals surface area (Å²) in [6.45, 7) is 5.79. The van der Waals surface area contributed by atoms with E-state index in [0.29, 0.717) is 5.02 Å². The molecule has 1 unspecified atom stereocenters. The smallest absolute Gasteiger partial charge is 0.121 e. The number of rotatable bonds is 2. The molecule has 0 fully saturated rings. The summed E-state index contributed by atoms with van der Waals surface area (Å²) < 4.78 is 0. The van der Waals surface area contributed by atoms with Crippen LogP contribution in [0.1, 0.15) is 27.8 Å². The maximum atomic E-state index is 10.6. The summed E-state index contributed by atoms with van der Waals surface area (Å²) in [4.78, 5) is 2.13. The Morgan fingerprint density at radius 2 is 1.88 bits per heavy atom. The molecule has 0 aliphatic rings. The van der Waals surface area contributed by atoms with E-state index in [9.17, 15) is 5.11 Å². The molecular formula is C14H15ClOS. The largest absolute Gasteiger partial charge is 0.380 e. The highest BCUT2D eigenvalue weighted by atomic mass is 35.5. The van der Waals surface area contributed by atoms with E-state index in [4.69, 9.17) is 11.6 Å². The molecule has 1 heterocycles. The van der Waals surface area contributed by atoms with E-state index in [1.165, 1.54) is 4.88 Å². The number of hydrogen-bond donors (Lipinski definition) is 1. The van der Waals surface area contributed by atoms with Crippen molar-refractivity contribution in [1.82, 2.24) is 0 Å². The minimum Gasteiger partial charge on any atom is -0.380 e. The fourth-order valence-corrected chi connectivity index (χ4v) is 2.85. The molecule has 3 heteroatoms. The topological polar surface area (TPSA) is 20.2 Å². The molecule has 0 bridgehead atoms. The van der Waals surface area contributed by atoms with Crippen LogP contribution in [0.2, 0.25) is 5.02 Å². The summed E-state index contributed by atoms with van der Waals surface area (Å²) in [7, 11) is 0. The van der Waals surface area contributed by atoms with Crippen LogP contribution < -0.4 is 0 Å². The molecule has 1 aromatic carbocycles. The van der Waals surface area contributed by atoms with E-state index < -0.39 is 5.60 Å². The first kappa shape index (κ1) is 12.6. The zero-order valence-electron chi connectivity index (χ0n) is 10.1. The monoisotopic (exact) mass is 266 g/mol. The van der Waals surface area contributed by atoms with Crippen LogP contribution in [0.15, 0.2) is 30.3 Å². The van der Waals surface area contributed by atoms with E-state index in [0.717, 1.165) is 16.0 Å². The van der Waals surface area contributed by atoms with Gasteiger partial charge in [-0.05, 0) is 50.1 Å². The van der Waals surface area contributed by atoms with Crippen molar-refractivity contribution in [2.75, 3.05) is 0 Å². The van der Waals surface area contributed by atoms with Gasteiger partial charge in [-0.2, -0.15) is 0 Å². The molecule has 0 aliphatic heterocycles. The van der Waals surface area contributed by atoms with Crippen molar-refractivity contribution in [2.45, 2.75) is 26.4 Å². The third-order valence-corrected chi connectivity index (χ3v) is 4.57. The molecule has 0 spiro atoms. The molecular weight excluding hydrogens is 252 g/mol. The van der Waals surface area contributed by atoms with Crippen molar-refractivity contribution >= 4 is 22.9 Å². The Kier molecular flexibility index (Phi) is 3.30. The van der Waals surface area contributed by atoms with Crippen LogP contribution in [-0.4, -0.2) is 5.11 Å². The Balaban J connectivity index is 2.47. The van der Waals surface area contributed by atoms with Crippen LogP contribution in [0.3, 0.4) is 0 Å². The molecule has 1 aromatic heterocycles. The zero-order valence-corrected chi connectivity index (χ0v) is 11.7. The first-order valence-corrected chi connectivity index (χ1v) is 6.66. The summed E-state index contributed by atoms with van der Waals surface area (Å²) >= 11 is 7.71. The SMILES string of the molecule is Cc1ccc(C(C)(O)c2ccc(C)c(Cl)c2)s1. The molecule has 0 radical (unpaired) electrons. The second kappa shape index (κ2) is 4.45. The lowest BCUT2D eigenvalue weighted by atomic mass is 9.93. The number of thiophene rings is 1. The fourth-order valence-electron chi connectivity index (χ4n) is 1.73. The average Bonchev–Trinajstić information content (AvgIpc) is 2.69. The van der Waals surface area contributed by atoms with Crippen LogP contribution in [0, 0.1) is 13.8 Å². The van der Waals surface area contributed by atoms with Crippen molar-refractivity contribution in [3.05, 3.63) is 56.2 Å². The van der Waals surface area contributed by atoms with Gasteiger partial charge in [0.15, 0.2) is 0 Å². The lowest BCUT2D eigenvalue weighted by Crippen LogP contribution is -2.21. The third kappa shape index (κ3) is 2.39. The van der Waals surface area contributed by atoms with Crippen LogP contribution in [0.25, 0.3) is 0 Å². The van der Waals surface area contributed by atoms with E-state index in [1.54, 1.807) is 18.3 Å². The summed E-state index contributed by atoms with van der Waals surface area (Å²) in [6.07, 6.45) is 0. The van der Waals surface area contributed by atoms with Gasteiger partial charge in [0, 0.05) is 14.8 Å². The van der Waals surface area contributed by atoms with E-state index in [2.05, 4.69) is 0 Å². The standard InChI is InChI=1S/C14H15ClOS/c1-9-4-6-11(8-12(9)15)14(3,16)13-7-5-10(2)17-13/h4-8,16H,1-3H3. The molecule has 1 nitrogen and oxygen atoms in total. The van der Waals surface area contributed by atoms with Gasteiger partial charge in [-0.1, -0.05) is 23.7 Å². The van der Waals surface area contributed by atoms with Gasteiger partial charge >= 0.3 is 0 Å². The summed E-state index contributed by atoms with van der Waals surface area (Å²) in [5, 5.41) is 11.3. The second-order valence-corrected chi connectivity index (χ2v) is 6.14. The number of aliphatic hydroxyl groups is 1. The predicted octanol–water partition coefficient (Wildman–Crippen LogP) is 4.27. The van der Waals surface area contributed by atoms with Gasteiger partial charge in [0.2, 0.25) is 0 Å². The minimum absolute atomic E-state index is 0.691. The maximum absolute atomic E-state index is 10.6. The van der Waals surface area contributed by atoms with Crippen LogP contribution in [-0.2, 0) is 5.60 Å². The molecule has 0 amide bonds. The van der Waals surface area contributed by atoms with Gasteiger partial charge < -0.3 is 5.11 Å². The second-order valence-electron chi connectivity index (χ2n) is 4.45. The van der Waals surface area contributed by atoms with E-state index in [1.807, 2.05) is 44.2 Å². The lowest BCUT2D eigenvalue weighted by molar-refractivity contribution is 0.106. The normalized spacial score (nSPS) is 14.6. The van der Waals surface area contributed by atoms with Gasteiger partial charge in [-0.25, -0.2) is 0 Å². The highest BCUT2D eigenvalue weighted by Gasteiger charge is 2.27. The van der Waals surface area contributed by atoms with Crippen molar-refractivity contribution in [1.29, 1.82) is 0 Å². The molecule has 1 N–H and O–H groups in total.